The number of halogens is 1. The van der Waals surface area contributed by atoms with Gasteiger partial charge in [0.05, 0.1) is 11.4 Å². The van der Waals surface area contributed by atoms with E-state index in [-0.39, 0.29) is 17.6 Å². The van der Waals surface area contributed by atoms with Crippen LogP contribution in [0.15, 0.2) is 90.3 Å². The van der Waals surface area contributed by atoms with Crippen LogP contribution in [0.1, 0.15) is 0 Å². The molecule has 1 aromatic heterocycles. The van der Waals surface area contributed by atoms with Crippen LogP contribution in [-0.4, -0.2) is 28.5 Å². The molecule has 0 radical (unpaired) electrons. The van der Waals surface area contributed by atoms with Crippen molar-refractivity contribution < 1.29 is 9.59 Å². The predicted octanol–water partition coefficient (Wildman–Crippen LogP) is 5.86. The summed E-state index contributed by atoms with van der Waals surface area (Å²) in [4.78, 5) is 34.6. The minimum absolute atomic E-state index is 0.0860. The molecular formula is C26H19ClN4O2S2. The van der Waals surface area contributed by atoms with Gasteiger partial charge in [-0.3, -0.25) is 14.5 Å². The number of nitrogens with zero attached hydrogens (tertiary/aromatic N) is 3. The minimum Gasteiger partial charge on any atom is -0.384 e. The number of benzene rings is 3. The standard InChI is InChI=1S/C26H19ClN4O2S2/c27-18-11-13-19(14-12-18)28-15-21-23(32)30(20-9-5-2-6-10-20)26(34)31(24(21)33)25-29-22(16-35-25)17-7-3-1-4-8-17/h1-14,16,21,28H,15H2. The summed E-state index contributed by atoms with van der Waals surface area (Å²) < 4.78 is 0. The van der Waals surface area contributed by atoms with E-state index in [4.69, 9.17) is 23.8 Å². The molecule has 6 nitrogen and oxygen atoms in total. The Balaban J connectivity index is 1.50. The Hall–Kier alpha value is -3.59. The normalized spacial score (nSPS) is 16.0. The number of hydrogen-bond donors (Lipinski definition) is 1. The Kier molecular flexibility index (Phi) is 6.59. The largest absolute Gasteiger partial charge is 0.384 e. The molecule has 1 aliphatic heterocycles. The lowest BCUT2D eigenvalue weighted by Gasteiger charge is -2.38. The molecule has 1 fully saturated rings. The van der Waals surface area contributed by atoms with Crippen LogP contribution in [0.3, 0.4) is 0 Å². The van der Waals surface area contributed by atoms with Crippen molar-refractivity contribution in [2.45, 2.75) is 0 Å². The molecule has 1 saturated heterocycles. The van der Waals surface area contributed by atoms with Crippen molar-refractivity contribution in [1.29, 1.82) is 0 Å². The fourth-order valence-electron chi connectivity index (χ4n) is 3.77. The molecule has 1 unspecified atom stereocenters. The first kappa shape index (κ1) is 23.2. The molecule has 0 spiro atoms. The minimum atomic E-state index is -0.998. The summed E-state index contributed by atoms with van der Waals surface area (Å²) in [5.41, 5.74) is 3.01. The number of amides is 2. The highest BCUT2D eigenvalue weighted by Crippen LogP contribution is 2.33. The maximum atomic E-state index is 13.6. The number of para-hydroxylation sites is 1. The Bertz CT molecular complexity index is 1380. The quantitative estimate of drug-likeness (QED) is 0.256. The van der Waals surface area contributed by atoms with Gasteiger partial charge < -0.3 is 5.32 Å². The van der Waals surface area contributed by atoms with Crippen LogP contribution in [0.2, 0.25) is 5.02 Å². The van der Waals surface area contributed by atoms with Crippen molar-refractivity contribution in [2.24, 2.45) is 5.92 Å². The SMILES string of the molecule is O=C1C(CNc2ccc(Cl)cc2)C(=O)N(c2nc(-c3ccccc3)cs2)C(=S)N1c1ccccc1. The molecule has 0 bridgehead atoms. The molecule has 35 heavy (non-hydrogen) atoms. The number of aromatic nitrogens is 1. The van der Waals surface area contributed by atoms with Crippen LogP contribution >= 0.6 is 35.2 Å². The molecular weight excluding hydrogens is 500 g/mol. The van der Waals surface area contributed by atoms with Gasteiger partial charge in [0.1, 0.15) is 5.92 Å². The van der Waals surface area contributed by atoms with E-state index in [2.05, 4.69) is 10.3 Å². The fraction of sp³-hybridized carbons (Fsp3) is 0.0769. The van der Waals surface area contributed by atoms with Crippen LogP contribution in [0.4, 0.5) is 16.5 Å². The van der Waals surface area contributed by atoms with E-state index in [1.54, 1.807) is 36.4 Å². The molecule has 9 heteroatoms. The number of carbonyl (C=O) groups excluding carboxylic acids is 2. The van der Waals surface area contributed by atoms with Gasteiger partial charge in [0, 0.05) is 28.2 Å². The van der Waals surface area contributed by atoms with E-state index in [9.17, 15) is 9.59 Å². The van der Waals surface area contributed by atoms with Crippen LogP contribution in [0.5, 0.6) is 0 Å². The van der Waals surface area contributed by atoms with Gasteiger partial charge in [0.15, 0.2) is 10.2 Å². The number of thiazole rings is 1. The molecule has 0 aliphatic carbocycles. The second-order valence-electron chi connectivity index (χ2n) is 7.79. The summed E-state index contributed by atoms with van der Waals surface area (Å²) in [6.07, 6.45) is 0. The Morgan fingerprint density at radius 3 is 2.20 bits per heavy atom. The number of anilines is 3. The number of nitrogens with one attached hydrogen (secondary N) is 1. The maximum absolute atomic E-state index is 13.6. The third-order valence-electron chi connectivity index (χ3n) is 5.54. The Morgan fingerprint density at radius 1 is 0.886 bits per heavy atom. The van der Waals surface area contributed by atoms with Crippen LogP contribution in [0.25, 0.3) is 11.3 Å². The van der Waals surface area contributed by atoms with Crippen molar-refractivity contribution >= 4 is 68.6 Å². The first-order valence-electron chi connectivity index (χ1n) is 10.8. The molecule has 1 N–H and O–H groups in total. The first-order chi connectivity index (χ1) is 17.0. The zero-order valence-corrected chi connectivity index (χ0v) is 20.7. The average Bonchev–Trinajstić information content (AvgIpc) is 3.36. The third kappa shape index (κ3) is 4.68. The molecule has 4 aromatic rings. The van der Waals surface area contributed by atoms with E-state index in [1.807, 2.05) is 53.9 Å². The van der Waals surface area contributed by atoms with E-state index in [1.165, 1.54) is 21.1 Å². The summed E-state index contributed by atoms with van der Waals surface area (Å²) in [6, 6.07) is 25.9. The van der Waals surface area contributed by atoms with Crippen molar-refractivity contribution in [3.8, 4) is 11.3 Å². The number of rotatable bonds is 6. The van der Waals surface area contributed by atoms with Crippen LogP contribution in [-0.2, 0) is 9.59 Å². The highest BCUT2D eigenvalue weighted by molar-refractivity contribution is 7.81. The number of carbonyl (C=O) groups is 2. The number of thiocarbonyl (C=S) groups is 1. The zero-order chi connectivity index (χ0) is 24.4. The van der Waals surface area contributed by atoms with E-state index in [0.29, 0.717) is 15.8 Å². The molecule has 1 aliphatic rings. The topological polar surface area (TPSA) is 65.5 Å². The summed E-state index contributed by atoms with van der Waals surface area (Å²) in [6.45, 7) is 0.0959. The van der Waals surface area contributed by atoms with Gasteiger partial charge in [0.25, 0.3) is 0 Å². The highest BCUT2D eigenvalue weighted by Gasteiger charge is 2.46. The summed E-state index contributed by atoms with van der Waals surface area (Å²) in [7, 11) is 0. The molecule has 2 heterocycles. The predicted molar refractivity (Wildman–Crippen MR) is 145 cm³/mol. The number of hydrogen-bond acceptors (Lipinski definition) is 6. The molecule has 5 rings (SSSR count). The van der Waals surface area contributed by atoms with Crippen LogP contribution < -0.4 is 15.1 Å². The lowest BCUT2D eigenvalue weighted by molar-refractivity contribution is -0.131. The van der Waals surface area contributed by atoms with Crippen molar-refractivity contribution in [3.63, 3.8) is 0 Å². The molecule has 1 atom stereocenters. The van der Waals surface area contributed by atoms with Crippen molar-refractivity contribution in [3.05, 3.63) is 95.3 Å². The third-order valence-corrected chi connectivity index (χ3v) is 6.98. The van der Waals surface area contributed by atoms with Gasteiger partial charge in [-0.05, 0) is 48.6 Å². The van der Waals surface area contributed by atoms with Gasteiger partial charge in [-0.25, -0.2) is 9.88 Å². The molecule has 2 amide bonds. The van der Waals surface area contributed by atoms with E-state index >= 15 is 0 Å². The van der Waals surface area contributed by atoms with Gasteiger partial charge in [-0.15, -0.1) is 11.3 Å². The van der Waals surface area contributed by atoms with Crippen LogP contribution in [0, 0.1) is 5.92 Å². The maximum Gasteiger partial charge on any atom is 0.249 e. The van der Waals surface area contributed by atoms with Gasteiger partial charge in [-0.1, -0.05) is 60.1 Å². The van der Waals surface area contributed by atoms with Gasteiger partial charge in [-0.2, -0.15) is 0 Å². The zero-order valence-electron chi connectivity index (χ0n) is 18.3. The fourth-order valence-corrected chi connectivity index (χ4v) is 5.16. The summed E-state index contributed by atoms with van der Waals surface area (Å²) >= 11 is 13.0. The Morgan fingerprint density at radius 2 is 1.51 bits per heavy atom. The first-order valence-corrected chi connectivity index (χ1v) is 12.5. The van der Waals surface area contributed by atoms with Crippen molar-refractivity contribution in [1.82, 2.24) is 4.98 Å². The molecule has 174 valence electrons. The monoisotopic (exact) mass is 518 g/mol. The smallest absolute Gasteiger partial charge is 0.249 e. The van der Waals surface area contributed by atoms with Gasteiger partial charge >= 0.3 is 0 Å². The molecule has 3 aromatic carbocycles. The summed E-state index contributed by atoms with van der Waals surface area (Å²) in [5, 5.41) is 6.17. The van der Waals surface area contributed by atoms with E-state index in [0.717, 1.165) is 16.9 Å². The lowest BCUT2D eigenvalue weighted by atomic mass is 10.0. The second kappa shape index (κ2) is 9.95. The Labute approximate surface area is 216 Å². The average molecular weight is 519 g/mol. The second-order valence-corrected chi connectivity index (χ2v) is 9.43. The van der Waals surface area contributed by atoms with Crippen molar-refractivity contribution in [2.75, 3.05) is 21.7 Å². The highest BCUT2D eigenvalue weighted by atomic mass is 35.5. The lowest BCUT2D eigenvalue weighted by Crippen LogP contribution is -2.61. The summed E-state index contributed by atoms with van der Waals surface area (Å²) in [5.74, 6) is -1.80. The van der Waals surface area contributed by atoms with Gasteiger partial charge in [0.2, 0.25) is 11.8 Å². The molecule has 0 saturated carbocycles. The van der Waals surface area contributed by atoms with E-state index < -0.39 is 11.8 Å².